The third-order valence-corrected chi connectivity index (χ3v) is 2.93. The van der Waals surface area contributed by atoms with Crippen molar-refractivity contribution in [2.45, 2.75) is 12.3 Å². The van der Waals surface area contributed by atoms with Crippen LogP contribution in [0.2, 0.25) is 0 Å². The van der Waals surface area contributed by atoms with Crippen LogP contribution < -0.4 is 0 Å². The summed E-state index contributed by atoms with van der Waals surface area (Å²) in [4.78, 5) is 2.46. The summed E-state index contributed by atoms with van der Waals surface area (Å²) in [7, 11) is 0. The van der Waals surface area contributed by atoms with Crippen LogP contribution in [0.1, 0.15) is 17.9 Å². The van der Waals surface area contributed by atoms with E-state index in [1.165, 1.54) is 25.1 Å². The minimum atomic E-state index is 0.733. The van der Waals surface area contributed by atoms with Crippen LogP contribution in [0.4, 0.5) is 0 Å². The van der Waals surface area contributed by atoms with E-state index in [-0.39, 0.29) is 0 Å². The molecule has 0 saturated carbocycles. The summed E-state index contributed by atoms with van der Waals surface area (Å²) in [6.07, 6.45) is 3.28. The molecule has 1 aliphatic rings. The van der Waals surface area contributed by atoms with Crippen LogP contribution in [0.25, 0.3) is 0 Å². The fourth-order valence-corrected chi connectivity index (χ4v) is 2.18. The second kappa shape index (κ2) is 4.43. The molecule has 0 N–H and O–H groups in total. The summed E-state index contributed by atoms with van der Waals surface area (Å²) in [5, 5.41) is 0. The molecular weight excluding hydrogens is 170 g/mol. The summed E-state index contributed by atoms with van der Waals surface area (Å²) >= 11 is 0. The molecule has 0 unspecified atom stereocenters. The number of hydrogen-bond donors (Lipinski definition) is 0. The highest BCUT2D eigenvalue weighted by Gasteiger charge is 2.22. The Balaban J connectivity index is 1.99. The first kappa shape index (κ1) is 9.47. The van der Waals surface area contributed by atoms with E-state index in [0.29, 0.717) is 0 Å². The van der Waals surface area contributed by atoms with E-state index in [0.717, 1.165) is 12.5 Å². The molecule has 0 radical (unpaired) electrons. The zero-order chi connectivity index (χ0) is 9.80. The number of likely N-dealkylation sites (tertiary alicyclic amines) is 1. The summed E-state index contributed by atoms with van der Waals surface area (Å²) in [5.74, 6) is 0.733. The zero-order valence-electron chi connectivity index (χ0n) is 8.52. The van der Waals surface area contributed by atoms with Crippen molar-refractivity contribution in [3.05, 3.63) is 48.6 Å². The van der Waals surface area contributed by atoms with Crippen molar-refractivity contribution in [1.29, 1.82) is 0 Å². The third-order valence-electron chi connectivity index (χ3n) is 2.93. The minimum absolute atomic E-state index is 0.733. The lowest BCUT2D eigenvalue weighted by molar-refractivity contribution is 0.372. The molecule has 1 aromatic rings. The fourth-order valence-electron chi connectivity index (χ4n) is 2.18. The quantitative estimate of drug-likeness (QED) is 0.658. The number of nitrogens with zero attached hydrogens (tertiary/aromatic N) is 1. The molecular formula is C13H17N. The topological polar surface area (TPSA) is 3.24 Å². The molecule has 0 aliphatic carbocycles. The van der Waals surface area contributed by atoms with Crippen LogP contribution in [0.3, 0.4) is 0 Å². The smallest absolute Gasteiger partial charge is 0.0160 e. The Kier molecular flexibility index (Phi) is 3.00. The Labute approximate surface area is 86.1 Å². The molecule has 1 heteroatoms. The van der Waals surface area contributed by atoms with Crippen LogP contribution in [-0.4, -0.2) is 24.5 Å². The lowest BCUT2D eigenvalue weighted by Crippen LogP contribution is -2.19. The zero-order valence-corrected chi connectivity index (χ0v) is 8.52. The van der Waals surface area contributed by atoms with Gasteiger partial charge in [0.25, 0.3) is 0 Å². The summed E-state index contributed by atoms with van der Waals surface area (Å²) in [6.45, 7) is 7.22. The van der Waals surface area contributed by atoms with Gasteiger partial charge in [-0.25, -0.2) is 0 Å². The summed E-state index contributed by atoms with van der Waals surface area (Å²) in [5.41, 5.74) is 1.49. The molecule has 1 heterocycles. The van der Waals surface area contributed by atoms with Crippen molar-refractivity contribution in [3.8, 4) is 0 Å². The number of benzene rings is 1. The number of hydrogen-bond acceptors (Lipinski definition) is 1. The fraction of sp³-hybridized carbons (Fsp3) is 0.385. The molecule has 1 fully saturated rings. The van der Waals surface area contributed by atoms with Gasteiger partial charge in [-0.3, -0.25) is 4.90 Å². The SMILES string of the molecule is C=CCN1CC[C@@H](c2ccccc2)C1. The average molecular weight is 187 g/mol. The van der Waals surface area contributed by atoms with Crippen molar-refractivity contribution < 1.29 is 0 Å². The molecule has 74 valence electrons. The first-order valence-electron chi connectivity index (χ1n) is 5.28. The Morgan fingerprint density at radius 1 is 1.36 bits per heavy atom. The predicted molar refractivity (Wildman–Crippen MR) is 60.4 cm³/mol. The average Bonchev–Trinajstić information content (AvgIpc) is 2.68. The Hall–Kier alpha value is -1.08. The van der Waals surface area contributed by atoms with Gasteiger partial charge in [0.15, 0.2) is 0 Å². The van der Waals surface area contributed by atoms with E-state index in [2.05, 4.69) is 41.8 Å². The lowest BCUT2D eigenvalue weighted by atomic mass is 9.99. The molecule has 1 saturated heterocycles. The maximum Gasteiger partial charge on any atom is 0.0160 e. The normalized spacial score (nSPS) is 22.4. The van der Waals surface area contributed by atoms with Crippen LogP contribution in [0.15, 0.2) is 43.0 Å². The Bertz CT molecular complexity index is 291. The van der Waals surface area contributed by atoms with Crippen LogP contribution in [0.5, 0.6) is 0 Å². The highest BCUT2D eigenvalue weighted by Crippen LogP contribution is 2.26. The van der Waals surface area contributed by atoms with Gasteiger partial charge >= 0.3 is 0 Å². The van der Waals surface area contributed by atoms with E-state index < -0.39 is 0 Å². The summed E-state index contributed by atoms with van der Waals surface area (Å²) < 4.78 is 0. The lowest BCUT2D eigenvalue weighted by Gasteiger charge is -2.13. The second-order valence-corrected chi connectivity index (χ2v) is 3.94. The monoisotopic (exact) mass is 187 g/mol. The van der Waals surface area contributed by atoms with E-state index in [1.807, 2.05) is 6.08 Å². The molecule has 2 rings (SSSR count). The van der Waals surface area contributed by atoms with Crippen LogP contribution >= 0.6 is 0 Å². The van der Waals surface area contributed by atoms with Crippen molar-refractivity contribution >= 4 is 0 Å². The van der Waals surface area contributed by atoms with Crippen molar-refractivity contribution in [3.63, 3.8) is 0 Å². The highest BCUT2D eigenvalue weighted by atomic mass is 15.1. The van der Waals surface area contributed by atoms with Gasteiger partial charge in [-0.05, 0) is 24.4 Å². The van der Waals surface area contributed by atoms with Crippen LogP contribution in [-0.2, 0) is 0 Å². The maximum absolute atomic E-state index is 3.78. The first-order chi connectivity index (χ1) is 6.90. The molecule has 1 atom stereocenters. The summed E-state index contributed by atoms with van der Waals surface area (Å²) in [6, 6.07) is 10.8. The van der Waals surface area contributed by atoms with Gasteiger partial charge in [-0.1, -0.05) is 36.4 Å². The van der Waals surface area contributed by atoms with Gasteiger partial charge < -0.3 is 0 Å². The highest BCUT2D eigenvalue weighted by molar-refractivity contribution is 5.21. The molecule has 1 nitrogen and oxygen atoms in total. The van der Waals surface area contributed by atoms with Crippen molar-refractivity contribution in [2.24, 2.45) is 0 Å². The van der Waals surface area contributed by atoms with Gasteiger partial charge in [0.05, 0.1) is 0 Å². The minimum Gasteiger partial charge on any atom is -0.299 e. The van der Waals surface area contributed by atoms with E-state index in [4.69, 9.17) is 0 Å². The first-order valence-corrected chi connectivity index (χ1v) is 5.28. The van der Waals surface area contributed by atoms with Gasteiger partial charge in [0.2, 0.25) is 0 Å². The molecule has 0 amide bonds. The van der Waals surface area contributed by atoms with Crippen LogP contribution in [0, 0.1) is 0 Å². The van der Waals surface area contributed by atoms with Crippen molar-refractivity contribution in [1.82, 2.24) is 4.90 Å². The Morgan fingerprint density at radius 3 is 2.86 bits per heavy atom. The molecule has 0 bridgehead atoms. The van der Waals surface area contributed by atoms with Gasteiger partial charge in [-0.2, -0.15) is 0 Å². The van der Waals surface area contributed by atoms with Gasteiger partial charge in [-0.15, -0.1) is 6.58 Å². The van der Waals surface area contributed by atoms with Gasteiger partial charge in [0.1, 0.15) is 0 Å². The molecule has 0 spiro atoms. The molecule has 14 heavy (non-hydrogen) atoms. The maximum atomic E-state index is 3.78. The number of rotatable bonds is 3. The largest absolute Gasteiger partial charge is 0.299 e. The third kappa shape index (κ3) is 2.05. The second-order valence-electron chi connectivity index (χ2n) is 3.94. The van der Waals surface area contributed by atoms with E-state index in [1.54, 1.807) is 0 Å². The van der Waals surface area contributed by atoms with E-state index in [9.17, 15) is 0 Å². The van der Waals surface area contributed by atoms with Gasteiger partial charge in [0, 0.05) is 13.1 Å². The predicted octanol–water partition coefficient (Wildman–Crippen LogP) is 2.66. The van der Waals surface area contributed by atoms with Crippen molar-refractivity contribution in [2.75, 3.05) is 19.6 Å². The van der Waals surface area contributed by atoms with E-state index >= 15 is 0 Å². The molecule has 1 aromatic carbocycles. The standard InChI is InChI=1S/C13H17N/c1-2-9-14-10-8-13(11-14)12-6-4-3-5-7-12/h2-7,13H,1,8-11H2/t13-/m1/s1. The molecule has 0 aromatic heterocycles. The molecule has 1 aliphatic heterocycles. The Morgan fingerprint density at radius 2 is 2.14 bits per heavy atom.